The van der Waals surface area contributed by atoms with Crippen molar-refractivity contribution in [3.8, 4) is 10.4 Å². The Morgan fingerprint density at radius 2 is 1.86 bits per heavy atom. The first-order chi connectivity index (χ1) is 19.8. The summed E-state index contributed by atoms with van der Waals surface area (Å²) >= 11 is 1.57. The molecule has 1 saturated heterocycles. The van der Waals surface area contributed by atoms with Gasteiger partial charge in [0.1, 0.15) is 18.7 Å². The van der Waals surface area contributed by atoms with Crippen LogP contribution in [0.3, 0.4) is 0 Å². The fraction of sp³-hybridized carbons (Fsp3) is 0.552. The summed E-state index contributed by atoms with van der Waals surface area (Å²) in [5.74, 6) is -1.36. The van der Waals surface area contributed by atoms with E-state index in [-0.39, 0.29) is 44.7 Å². The summed E-state index contributed by atoms with van der Waals surface area (Å²) in [7, 11) is 0. The number of rotatable bonds is 12. The fourth-order valence-electron chi connectivity index (χ4n) is 4.75. The lowest BCUT2D eigenvalue weighted by Crippen LogP contribution is -2.58. The van der Waals surface area contributed by atoms with E-state index in [2.05, 4.69) is 20.9 Å². The Kier molecular flexibility index (Phi) is 11.4. The summed E-state index contributed by atoms with van der Waals surface area (Å²) in [5.41, 5.74) is 4.01. The van der Waals surface area contributed by atoms with Crippen LogP contribution in [-0.4, -0.2) is 88.4 Å². The molecule has 230 valence electrons. The molecule has 0 unspecified atom stereocenters. The van der Waals surface area contributed by atoms with Crippen LogP contribution in [0.4, 0.5) is 4.79 Å². The number of carbonyl (C=O) groups excluding carboxylic acids is 3. The van der Waals surface area contributed by atoms with Gasteiger partial charge in [-0.15, -0.1) is 11.3 Å². The monoisotopic (exact) mass is 603 g/mol. The number of benzene rings is 1. The summed E-state index contributed by atoms with van der Waals surface area (Å²) in [4.78, 5) is 56.9. The number of hydrogen-bond donors (Lipinski definition) is 5. The molecule has 1 aromatic heterocycles. The summed E-state index contributed by atoms with van der Waals surface area (Å²) in [6.45, 7) is 9.24. The first-order valence-corrected chi connectivity index (χ1v) is 14.8. The second-order valence-electron chi connectivity index (χ2n) is 11.5. The van der Waals surface area contributed by atoms with Gasteiger partial charge in [-0.2, -0.15) is 0 Å². The number of β-amino-alcohol motifs (C(OH)–C–C–N with tert-alkyl or cyclic N) is 1. The molecule has 4 amide bonds. The zero-order valence-corrected chi connectivity index (χ0v) is 25.5. The molecule has 1 aliphatic heterocycles. The molecule has 12 nitrogen and oxygen atoms in total. The Balaban J connectivity index is 1.62. The van der Waals surface area contributed by atoms with E-state index in [0.717, 1.165) is 21.7 Å². The highest BCUT2D eigenvalue weighted by Gasteiger charge is 2.44. The maximum Gasteiger partial charge on any atom is 0.404 e. The number of aromatic nitrogens is 1. The summed E-state index contributed by atoms with van der Waals surface area (Å²) in [6.07, 6.45) is -1.53. The van der Waals surface area contributed by atoms with Crippen LogP contribution in [0.15, 0.2) is 29.8 Å². The van der Waals surface area contributed by atoms with Crippen LogP contribution in [-0.2, 0) is 19.1 Å². The van der Waals surface area contributed by atoms with E-state index in [9.17, 15) is 24.3 Å². The maximum atomic E-state index is 13.7. The van der Waals surface area contributed by atoms with E-state index >= 15 is 0 Å². The lowest BCUT2D eigenvalue weighted by molar-refractivity contribution is -0.144. The molecule has 0 saturated carbocycles. The number of carboxylic acid groups (broad SMARTS) is 1. The molecule has 0 spiro atoms. The van der Waals surface area contributed by atoms with Crippen LogP contribution in [0.25, 0.3) is 10.4 Å². The largest absolute Gasteiger partial charge is 0.465 e. The van der Waals surface area contributed by atoms with Crippen LogP contribution in [0, 0.1) is 12.3 Å². The van der Waals surface area contributed by atoms with Crippen LogP contribution < -0.4 is 16.0 Å². The number of aryl methyl sites for hydroxylation is 1. The molecular weight excluding hydrogens is 562 g/mol. The van der Waals surface area contributed by atoms with Crippen molar-refractivity contribution in [2.45, 2.75) is 71.7 Å². The Morgan fingerprint density at radius 1 is 1.17 bits per heavy atom. The van der Waals surface area contributed by atoms with Gasteiger partial charge in [-0.1, -0.05) is 45.0 Å². The summed E-state index contributed by atoms with van der Waals surface area (Å²) in [6, 6.07) is 5.66. The molecule has 42 heavy (non-hydrogen) atoms. The highest BCUT2D eigenvalue weighted by molar-refractivity contribution is 7.13. The number of carbonyl (C=O) groups is 4. The van der Waals surface area contributed by atoms with Gasteiger partial charge in [0.25, 0.3) is 0 Å². The Labute approximate surface area is 249 Å². The molecule has 0 bridgehead atoms. The van der Waals surface area contributed by atoms with Crippen molar-refractivity contribution in [1.29, 1.82) is 0 Å². The van der Waals surface area contributed by atoms with E-state index in [0.29, 0.717) is 6.42 Å². The van der Waals surface area contributed by atoms with Gasteiger partial charge in [-0.05, 0) is 36.8 Å². The highest BCUT2D eigenvalue weighted by Crippen LogP contribution is 2.29. The molecule has 2 aromatic rings. The predicted molar refractivity (Wildman–Crippen MR) is 158 cm³/mol. The third-order valence-corrected chi connectivity index (χ3v) is 8.01. The second kappa shape index (κ2) is 14.6. The molecule has 0 radical (unpaired) electrons. The fourth-order valence-corrected chi connectivity index (χ4v) is 5.56. The molecule has 1 aromatic carbocycles. The predicted octanol–water partition coefficient (Wildman–Crippen LogP) is 2.46. The number of ether oxygens (including phenoxy) is 1. The van der Waals surface area contributed by atoms with Gasteiger partial charge in [0.15, 0.2) is 0 Å². The molecule has 4 atom stereocenters. The summed E-state index contributed by atoms with van der Waals surface area (Å²) in [5, 5.41) is 26.9. The van der Waals surface area contributed by atoms with Gasteiger partial charge < -0.3 is 35.8 Å². The van der Waals surface area contributed by atoms with Crippen LogP contribution in [0.2, 0.25) is 0 Å². The standard InChI is InChI=1S/C29H41N5O7S/c1-17(19-7-9-20(10-8-19)24-18(2)31-16-42-24)32-26(37)22-13-21(35)14-34(22)27(38)25(29(3,4)5)33-23(36)15-41-12-6-11-30-28(39)40/h7-10,16-17,21-22,25,30,35H,6,11-15H2,1-5H3,(H,32,37)(H,33,36)(H,39,40)/t17-,21+,22-,25+/m0/s1. The number of nitrogens with zero attached hydrogens (tertiary/aromatic N) is 2. The van der Waals surface area contributed by atoms with Crippen molar-refractivity contribution < 1.29 is 34.1 Å². The van der Waals surface area contributed by atoms with E-state index < -0.39 is 41.5 Å². The van der Waals surface area contributed by atoms with Crippen molar-refractivity contribution in [3.63, 3.8) is 0 Å². The van der Waals surface area contributed by atoms with Gasteiger partial charge in [0.05, 0.1) is 28.2 Å². The van der Waals surface area contributed by atoms with Gasteiger partial charge in [0, 0.05) is 26.1 Å². The van der Waals surface area contributed by atoms with Gasteiger partial charge in [-0.3, -0.25) is 14.4 Å². The van der Waals surface area contributed by atoms with Crippen LogP contribution in [0.5, 0.6) is 0 Å². The van der Waals surface area contributed by atoms with Crippen molar-refractivity contribution in [3.05, 3.63) is 41.0 Å². The first-order valence-electron chi connectivity index (χ1n) is 13.9. The number of nitrogens with one attached hydrogen (secondary N) is 3. The summed E-state index contributed by atoms with van der Waals surface area (Å²) < 4.78 is 5.32. The topological polar surface area (TPSA) is 170 Å². The Morgan fingerprint density at radius 3 is 2.45 bits per heavy atom. The van der Waals surface area contributed by atoms with Gasteiger partial charge in [0.2, 0.25) is 17.7 Å². The Bertz CT molecular complexity index is 1240. The minimum Gasteiger partial charge on any atom is -0.465 e. The minimum atomic E-state index is -1.13. The van der Waals surface area contributed by atoms with Gasteiger partial charge >= 0.3 is 6.09 Å². The van der Waals surface area contributed by atoms with Crippen LogP contribution >= 0.6 is 11.3 Å². The van der Waals surface area contributed by atoms with E-state index in [4.69, 9.17) is 9.84 Å². The lowest BCUT2D eigenvalue weighted by atomic mass is 9.85. The molecule has 5 N–H and O–H groups in total. The number of aliphatic hydroxyl groups excluding tert-OH is 1. The molecule has 1 fully saturated rings. The zero-order valence-electron chi connectivity index (χ0n) is 24.7. The van der Waals surface area contributed by atoms with Crippen molar-refractivity contribution in [2.24, 2.45) is 5.41 Å². The maximum absolute atomic E-state index is 13.7. The number of thiazole rings is 1. The average molecular weight is 604 g/mol. The third-order valence-electron chi connectivity index (χ3n) is 7.04. The highest BCUT2D eigenvalue weighted by atomic mass is 32.1. The molecule has 3 rings (SSSR count). The average Bonchev–Trinajstić information content (AvgIpc) is 3.53. The first kappa shape index (κ1) is 33.0. The SMILES string of the molecule is Cc1ncsc1-c1ccc([C@H](C)NC(=O)[C@@H]2C[C@@H](O)CN2C(=O)[C@@H](NC(=O)COCCCNC(=O)O)C(C)(C)C)cc1. The van der Waals surface area contributed by atoms with Crippen LogP contribution in [0.1, 0.15) is 57.8 Å². The third kappa shape index (κ3) is 8.97. The zero-order chi connectivity index (χ0) is 31.0. The molecule has 1 aliphatic rings. The normalized spacial score (nSPS) is 18.3. The molecule has 13 heteroatoms. The molecular formula is C29H41N5O7S. The molecule has 2 heterocycles. The number of hydrogen-bond acceptors (Lipinski definition) is 8. The van der Waals surface area contributed by atoms with Crippen molar-refractivity contribution in [1.82, 2.24) is 25.8 Å². The van der Waals surface area contributed by atoms with Crippen molar-refractivity contribution in [2.75, 3.05) is 26.3 Å². The lowest BCUT2D eigenvalue weighted by Gasteiger charge is -2.35. The Hall–Kier alpha value is -3.55. The van der Waals surface area contributed by atoms with E-state index in [1.807, 2.05) is 38.1 Å². The van der Waals surface area contributed by atoms with Crippen molar-refractivity contribution >= 4 is 35.2 Å². The van der Waals surface area contributed by atoms with Gasteiger partial charge in [-0.25, -0.2) is 9.78 Å². The number of aliphatic hydroxyl groups is 1. The van der Waals surface area contributed by atoms with E-state index in [1.165, 1.54) is 4.90 Å². The minimum absolute atomic E-state index is 0.0241. The van der Waals surface area contributed by atoms with E-state index in [1.54, 1.807) is 37.6 Å². The smallest absolute Gasteiger partial charge is 0.404 e. The molecule has 0 aliphatic carbocycles. The number of amides is 4. The number of likely N-dealkylation sites (tertiary alicyclic amines) is 1. The quantitative estimate of drug-likeness (QED) is 0.230. The second-order valence-corrected chi connectivity index (χ2v) is 12.4.